The lowest BCUT2D eigenvalue weighted by Gasteiger charge is -2.13. The molecule has 0 bridgehead atoms. The van der Waals surface area contributed by atoms with Gasteiger partial charge in [-0.05, 0) is 52.8 Å². The number of quaternary nitrogens is 1. The van der Waals surface area contributed by atoms with Crippen molar-refractivity contribution in [1.29, 1.82) is 0 Å². The monoisotopic (exact) mass is 330 g/mol. The summed E-state index contributed by atoms with van der Waals surface area (Å²) in [6.07, 6.45) is 1.11. The van der Waals surface area contributed by atoms with Crippen LogP contribution in [0.5, 0.6) is 0 Å². The molecule has 18 heavy (non-hydrogen) atoms. The lowest BCUT2D eigenvalue weighted by atomic mass is 10.2. The molecule has 1 aromatic carbocycles. The zero-order valence-corrected chi connectivity index (χ0v) is 13.5. The standard InChI is InChI=1S/C13H20BrN3S/c1-10-5-6-12(11(14)9-10)16-13(18)15-7-4-8-17(2)3/h5-6,9H,4,7-8H2,1-3H3,(H2,15,16,18)/p+1. The summed E-state index contributed by atoms with van der Waals surface area (Å²) >= 11 is 8.78. The van der Waals surface area contributed by atoms with Gasteiger partial charge in [0.2, 0.25) is 0 Å². The highest BCUT2D eigenvalue weighted by molar-refractivity contribution is 9.10. The Hall–Kier alpha value is -0.650. The van der Waals surface area contributed by atoms with Crippen molar-refractivity contribution in [3.05, 3.63) is 28.2 Å². The summed E-state index contributed by atoms with van der Waals surface area (Å²) in [6.45, 7) is 4.11. The van der Waals surface area contributed by atoms with Gasteiger partial charge in [0.25, 0.3) is 0 Å². The molecule has 0 aromatic heterocycles. The summed E-state index contributed by atoms with van der Waals surface area (Å²) in [5.41, 5.74) is 2.22. The lowest BCUT2D eigenvalue weighted by molar-refractivity contribution is -0.858. The molecule has 0 aliphatic heterocycles. The first-order chi connectivity index (χ1) is 8.49. The molecule has 0 aliphatic carbocycles. The van der Waals surface area contributed by atoms with Crippen LogP contribution in [0, 0.1) is 6.92 Å². The molecule has 0 aliphatic rings. The molecular weight excluding hydrogens is 310 g/mol. The molecule has 0 amide bonds. The third-order valence-corrected chi connectivity index (χ3v) is 3.41. The lowest BCUT2D eigenvalue weighted by Crippen LogP contribution is -3.05. The van der Waals surface area contributed by atoms with Gasteiger partial charge in [0, 0.05) is 17.4 Å². The van der Waals surface area contributed by atoms with Crippen LogP contribution in [0.2, 0.25) is 0 Å². The number of halogens is 1. The van der Waals surface area contributed by atoms with Crippen LogP contribution in [0.15, 0.2) is 22.7 Å². The summed E-state index contributed by atoms with van der Waals surface area (Å²) in [5.74, 6) is 0. The molecule has 0 unspecified atom stereocenters. The van der Waals surface area contributed by atoms with E-state index in [-0.39, 0.29) is 0 Å². The minimum absolute atomic E-state index is 0.674. The Morgan fingerprint density at radius 2 is 2.11 bits per heavy atom. The Kier molecular flexibility index (Phi) is 6.60. The number of rotatable bonds is 5. The molecule has 100 valence electrons. The molecule has 3 N–H and O–H groups in total. The Labute approximate surface area is 123 Å². The van der Waals surface area contributed by atoms with E-state index >= 15 is 0 Å². The second kappa shape index (κ2) is 7.71. The molecule has 0 heterocycles. The number of nitrogens with one attached hydrogen (secondary N) is 3. The predicted octanol–water partition coefficient (Wildman–Crippen LogP) is 1.58. The van der Waals surface area contributed by atoms with E-state index in [0.717, 1.165) is 29.7 Å². The molecule has 0 radical (unpaired) electrons. The highest BCUT2D eigenvalue weighted by atomic mass is 79.9. The molecule has 0 atom stereocenters. The molecule has 5 heteroatoms. The molecular formula is C13H21BrN3S+. The normalized spacial score (nSPS) is 10.5. The topological polar surface area (TPSA) is 28.5 Å². The van der Waals surface area contributed by atoms with E-state index in [1.807, 2.05) is 6.07 Å². The van der Waals surface area contributed by atoms with Crippen LogP contribution in [-0.4, -0.2) is 32.3 Å². The van der Waals surface area contributed by atoms with Crippen LogP contribution in [-0.2, 0) is 0 Å². The van der Waals surface area contributed by atoms with Crippen molar-refractivity contribution >= 4 is 38.9 Å². The van der Waals surface area contributed by atoms with Crippen molar-refractivity contribution in [3.63, 3.8) is 0 Å². The Balaban J connectivity index is 2.35. The summed E-state index contributed by atoms with van der Waals surface area (Å²) < 4.78 is 1.03. The minimum Gasteiger partial charge on any atom is -0.362 e. The predicted molar refractivity (Wildman–Crippen MR) is 85.4 cm³/mol. The van der Waals surface area contributed by atoms with Crippen molar-refractivity contribution in [1.82, 2.24) is 5.32 Å². The maximum Gasteiger partial charge on any atom is 0.170 e. The van der Waals surface area contributed by atoms with E-state index in [1.165, 1.54) is 10.5 Å². The van der Waals surface area contributed by atoms with Gasteiger partial charge in [0.15, 0.2) is 5.11 Å². The van der Waals surface area contributed by atoms with Crippen molar-refractivity contribution in [2.75, 3.05) is 32.5 Å². The molecule has 0 spiro atoms. The van der Waals surface area contributed by atoms with Crippen LogP contribution in [0.25, 0.3) is 0 Å². The van der Waals surface area contributed by atoms with Gasteiger partial charge in [-0.25, -0.2) is 0 Å². The summed E-state index contributed by atoms with van der Waals surface area (Å²) in [7, 11) is 4.31. The fraction of sp³-hybridized carbons (Fsp3) is 0.462. The minimum atomic E-state index is 0.674. The van der Waals surface area contributed by atoms with Crippen LogP contribution < -0.4 is 15.5 Å². The summed E-state index contributed by atoms with van der Waals surface area (Å²) in [4.78, 5) is 1.46. The van der Waals surface area contributed by atoms with E-state index in [9.17, 15) is 0 Å². The van der Waals surface area contributed by atoms with Gasteiger partial charge < -0.3 is 15.5 Å². The van der Waals surface area contributed by atoms with E-state index in [1.54, 1.807) is 0 Å². The Bertz CT molecular complexity index is 407. The van der Waals surface area contributed by atoms with Crippen molar-refractivity contribution in [2.45, 2.75) is 13.3 Å². The molecule has 0 saturated carbocycles. The van der Waals surface area contributed by atoms with E-state index < -0.39 is 0 Å². The number of benzene rings is 1. The van der Waals surface area contributed by atoms with Gasteiger partial charge in [-0.3, -0.25) is 0 Å². The number of thiocarbonyl (C=S) groups is 1. The van der Waals surface area contributed by atoms with Crippen LogP contribution in [0.4, 0.5) is 5.69 Å². The zero-order chi connectivity index (χ0) is 13.5. The molecule has 0 fully saturated rings. The van der Waals surface area contributed by atoms with Gasteiger partial charge >= 0.3 is 0 Å². The van der Waals surface area contributed by atoms with E-state index in [0.29, 0.717) is 5.11 Å². The highest BCUT2D eigenvalue weighted by Crippen LogP contribution is 2.23. The molecule has 3 nitrogen and oxygen atoms in total. The van der Waals surface area contributed by atoms with Crippen LogP contribution in [0.1, 0.15) is 12.0 Å². The fourth-order valence-corrected chi connectivity index (χ4v) is 2.34. The first kappa shape index (κ1) is 15.4. The summed E-state index contributed by atoms with van der Waals surface area (Å²) in [5, 5.41) is 7.08. The van der Waals surface area contributed by atoms with Gasteiger partial charge in [-0.2, -0.15) is 0 Å². The van der Waals surface area contributed by atoms with Gasteiger partial charge in [0.05, 0.1) is 26.3 Å². The molecule has 1 aromatic rings. The van der Waals surface area contributed by atoms with Crippen molar-refractivity contribution < 1.29 is 4.90 Å². The average Bonchev–Trinajstić information content (AvgIpc) is 2.28. The van der Waals surface area contributed by atoms with E-state index in [2.05, 4.69) is 59.7 Å². The van der Waals surface area contributed by atoms with Crippen molar-refractivity contribution in [2.24, 2.45) is 0 Å². The SMILES string of the molecule is Cc1ccc(NC(=S)NCCC[NH+](C)C)c(Br)c1. The number of anilines is 1. The first-order valence-corrected chi connectivity index (χ1v) is 7.29. The average molecular weight is 331 g/mol. The maximum atomic E-state index is 5.26. The van der Waals surface area contributed by atoms with Gasteiger partial charge in [0.1, 0.15) is 0 Å². The number of hydrogen-bond acceptors (Lipinski definition) is 1. The third-order valence-electron chi connectivity index (χ3n) is 2.51. The number of aryl methyl sites for hydroxylation is 1. The van der Waals surface area contributed by atoms with Gasteiger partial charge in [-0.15, -0.1) is 0 Å². The molecule has 1 rings (SSSR count). The fourth-order valence-electron chi connectivity index (χ4n) is 1.53. The first-order valence-electron chi connectivity index (χ1n) is 6.09. The third kappa shape index (κ3) is 5.80. The second-order valence-corrected chi connectivity index (χ2v) is 5.94. The van der Waals surface area contributed by atoms with Crippen molar-refractivity contribution in [3.8, 4) is 0 Å². The Morgan fingerprint density at radius 3 is 2.72 bits per heavy atom. The Morgan fingerprint density at radius 1 is 1.39 bits per heavy atom. The quantitative estimate of drug-likeness (QED) is 0.565. The zero-order valence-electron chi connectivity index (χ0n) is 11.1. The van der Waals surface area contributed by atoms with E-state index in [4.69, 9.17) is 12.2 Å². The number of hydrogen-bond donors (Lipinski definition) is 3. The van der Waals surface area contributed by atoms with Crippen LogP contribution >= 0.6 is 28.1 Å². The largest absolute Gasteiger partial charge is 0.362 e. The smallest absolute Gasteiger partial charge is 0.170 e. The van der Waals surface area contributed by atoms with Crippen LogP contribution in [0.3, 0.4) is 0 Å². The second-order valence-electron chi connectivity index (χ2n) is 4.67. The molecule has 0 saturated heterocycles. The van der Waals surface area contributed by atoms with Gasteiger partial charge in [-0.1, -0.05) is 6.07 Å². The maximum absolute atomic E-state index is 5.26. The summed E-state index contributed by atoms with van der Waals surface area (Å²) in [6, 6.07) is 6.16. The highest BCUT2D eigenvalue weighted by Gasteiger charge is 2.02.